The summed E-state index contributed by atoms with van der Waals surface area (Å²) in [4.78, 5) is 10.8. The van der Waals surface area contributed by atoms with Crippen molar-refractivity contribution in [2.24, 2.45) is 0 Å². The number of carbonyl (C=O) groups excluding carboxylic acids is 1. The molecule has 0 aromatic carbocycles. The smallest absolute Gasteiger partial charge is 0.319 e. The number of ether oxygens (including phenoxy) is 1. The van der Waals surface area contributed by atoms with Crippen molar-refractivity contribution in [1.29, 1.82) is 0 Å². The molecule has 72 valence electrons. The molecule has 1 heterocycles. The molecule has 0 aliphatic carbocycles. The number of furan rings is 1. The standard InChI is InChI=1S/C9H13NO3/c1-7(8-4-3-5-13-8)10-6-9(11)12-2/h3-5,7,10H,6H2,1-2H3/t7-/m1/s1. The number of esters is 1. The quantitative estimate of drug-likeness (QED) is 0.710. The molecule has 0 saturated carbocycles. The summed E-state index contributed by atoms with van der Waals surface area (Å²) < 4.78 is 9.63. The van der Waals surface area contributed by atoms with Crippen LogP contribution >= 0.6 is 0 Å². The minimum Gasteiger partial charge on any atom is -0.468 e. The van der Waals surface area contributed by atoms with Gasteiger partial charge >= 0.3 is 5.97 Å². The molecule has 0 aliphatic rings. The molecule has 4 nitrogen and oxygen atoms in total. The molecule has 0 fully saturated rings. The maximum absolute atomic E-state index is 10.8. The molecule has 0 amide bonds. The lowest BCUT2D eigenvalue weighted by atomic mass is 10.2. The number of carbonyl (C=O) groups is 1. The van der Waals surface area contributed by atoms with Gasteiger partial charge in [-0.25, -0.2) is 0 Å². The molecule has 0 aliphatic heterocycles. The van der Waals surface area contributed by atoms with Crippen LogP contribution < -0.4 is 5.32 Å². The van der Waals surface area contributed by atoms with E-state index in [1.807, 2.05) is 19.1 Å². The van der Waals surface area contributed by atoms with Crippen LogP contribution in [0.1, 0.15) is 18.7 Å². The first-order valence-corrected chi connectivity index (χ1v) is 4.07. The lowest BCUT2D eigenvalue weighted by Gasteiger charge is -2.09. The van der Waals surface area contributed by atoms with E-state index in [2.05, 4.69) is 10.1 Å². The molecule has 4 heteroatoms. The Kier molecular flexibility index (Phi) is 3.52. The normalized spacial score (nSPS) is 12.5. The molecule has 1 atom stereocenters. The predicted octanol–water partition coefficient (Wildman–Crippen LogP) is 1.10. The SMILES string of the molecule is COC(=O)CN[C@H](C)c1ccco1. The Morgan fingerprint density at radius 2 is 2.54 bits per heavy atom. The fraction of sp³-hybridized carbons (Fsp3) is 0.444. The first kappa shape index (κ1) is 9.80. The van der Waals surface area contributed by atoms with Crippen LogP contribution in [0.5, 0.6) is 0 Å². The summed E-state index contributed by atoms with van der Waals surface area (Å²) in [6.07, 6.45) is 1.60. The van der Waals surface area contributed by atoms with Crippen LogP contribution in [0, 0.1) is 0 Å². The Hall–Kier alpha value is -1.29. The molecule has 0 unspecified atom stereocenters. The maximum atomic E-state index is 10.8. The lowest BCUT2D eigenvalue weighted by Crippen LogP contribution is -2.26. The molecule has 1 N–H and O–H groups in total. The van der Waals surface area contributed by atoms with Crippen molar-refractivity contribution in [3.63, 3.8) is 0 Å². The molecular formula is C9H13NO3. The molecule has 1 rings (SSSR count). The number of rotatable bonds is 4. The minimum atomic E-state index is -0.279. The van der Waals surface area contributed by atoms with E-state index in [1.165, 1.54) is 7.11 Å². The van der Waals surface area contributed by atoms with Crippen LogP contribution in [0.15, 0.2) is 22.8 Å². The molecule has 0 spiro atoms. The van der Waals surface area contributed by atoms with E-state index >= 15 is 0 Å². The lowest BCUT2D eigenvalue weighted by molar-refractivity contribution is -0.139. The van der Waals surface area contributed by atoms with Crippen molar-refractivity contribution in [3.8, 4) is 0 Å². The highest BCUT2D eigenvalue weighted by molar-refractivity contribution is 5.71. The second-order valence-electron chi connectivity index (χ2n) is 2.69. The van der Waals surface area contributed by atoms with Crippen LogP contribution in [0.25, 0.3) is 0 Å². The summed E-state index contributed by atoms with van der Waals surface area (Å²) in [5.41, 5.74) is 0. The van der Waals surface area contributed by atoms with Gasteiger partial charge < -0.3 is 9.15 Å². The van der Waals surface area contributed by atoms with Crippen molar-refractivity contribution in [2.45, 2.75) is 13.0 Å². The molecule has 13 heavy (non-hydrogen) atoms. The van der Waals surface area contributed by atoms with Crippen LogP contribution in [-0.2, 0) is 9.53 Å². The van der Waals surface area contributed by atoms with Crippen molar-refractivity contribution in [2.75, 3.05) is 13.7 Å². The van der Waals surface area contributed by atoms with Gasteiger partial charge in [0.2, 0.25) is 0 Å². The summed E-state index contributed by atoms with van der Waals surface area (Å²) in [7, 11) is 1.36. The average Bonchev–Trinajstić information content (AvgIpc) is 2.66. The number of nitrogens with one attached hydrogen (secondary N) is 1. The zero-order valence-corrected chi connectivity index (χ0v) is 7.74. The Balaban J connectivity index is 2.34. The summed E-state index contributed by atoms with van der Waals surface area (Å²) in [6, 6.07) is 3.69. The van der Waals surface area contributed by atoms with Gasteiger partial charge in [0, 0.05) is 0 Å². The van der Waals surface area contributed by atoms with Crippen LogP contribution in [0.3, 0.4) is 0 Å². The van der Waals surface area contributed by atoms with Gasteiger partial charge in [0.15, 0.2) is 0 Å². The number of hydrogen-bond donors (Lipinski definition) is 1. The maximum Gasteiger partial charge on any atom is 0.319 e. The van der Waals surface area contributed by atoms with E-state index in [0.717, 1.165) is 5.76 Å². The largest absolute Gasteiger partial charge is 0.468 e. The third-order valence-electron chi connectivity index (χ3n) is 1.75. The first-order valence-electron chi connectivity index (χ1n) is 4.07. The molecule has 0 saturated heterocycles. The Labute approximate surface area is 76.9 Å². The Morgan fingerprint density at radius 1 is 1.77 bits per heavy atom. The topological polar surface area (TPSA) is 51.5 Å². The van der Waals surface area contributed by atoms with Gasteiger partial charge in [0.1, 0.15) is 5.76 Å². The second kappa shape index (κ2) is 4.67. The summed E-state index contributed by atoms with van der Waals surface area (Å²) in [5.74, 6) is 0.530. The Bertz CT molecular complexity index is 256. The fourth-order valence-electron chi connectivity index (χ4n) is 0.947. The summed E-state index contributed by atoms with van der Waals surface area (Å²) in [6.45, 7) is 2.11. The molecular weight excluding hydrogens is 170 g/mol. The molecule has 0 bridgehead atoms. The van der Waals surface area contributed by atoms with E-state index < -0.39 is 0 Å². The van der Waals surface area contributed by atoms with Gasteiger partial charge in [-0.05, 0) is 19.1 Å². The van der Waals surface area contributed by atoms with Crippen molar-refractivity contribution >= 4 is 5.97 Å². The summed E-state index contributed by atoms with van der Waals surface area (Å²) >= 11 is 0. The fourth-order valence-corrected chi connectivity index (χ4v) is 0.947. The monoisotopic (exact) mass is 183 g/mol. The highest BCUT2D eigenvalue weighted by atomic mass is 16.5. The van der Waals surface area contributed by atoms with Crippen molar-refractivity contribution < 1.29 is 13.9 Å². The second-order valence-corrected chi connectivity index (χ2v) is 2.69. The zero-order chi connectivity index (χ0) is 9.68. The predicted molar refractivity (Wildman–Crippen MR) is 47.1 cm³/mol. The van der Waals surface area contributed by atoms with Crippen LogP contribution in [0.2, 0.25) is 0 Å². The van der Waals surface area contributed by atoms with Crippen molar-refractivity contribution in [3.05, 3.63) is 24.2 Å². The van der Waals surface area contributed by atoms with E-state index in [-0.39, 0.29) is 18.6 Å². The zero-order valence-electron chi connectivity index (χ0n) is 7.74. The summed E-state index contributed by atoms with van der Waals surface area (Å²) in [5, 5.41) is 2.97. The van der Waals surface area contributed by atoms with E-state index in [1.54, 1.807) is 6.26 Å². The molecule has 1 aromatic heterocycles. The molecule has 0 radical (unpaired) electrons. The van der Waals surface area contributed by atoms with Gasteiger partial charge in [-0.3, -0.25) is 10.1 Å². The van der Waals surface area contributed by atoms with Crippen LogP contribution in [-0.4, -0.2) is 19.6 Å². The Morgan fingerprint density at radius 3 is 3.08 bits per heavy atom. The third-order valence-corrected chi connectivity index (χ3v) is 1.75. The average molecular weight is 183 g/mol. The van der Waals surface area contributed by atoms with Gasteiger partial charge in [-0.1, -0.05) is 0 Å². The van der Waals surface area contributed by atoms with Gasteiger partial charge in [-0.15, -0.1) is 0 Å². The number of methoxy groups -OCH3 is 1. The van der Waals surface area contributed by atoms with Gasteiger partial charge in [-0.2, -0.15) is 0 Å². The van der Waals surface area contributed by atoms with E-state index in [4.69, 9.17) is 4.42 Å². The van der Waals surface area contributed by atoms with Gasteiger partial charge in [0.05, 0.1) is 26.0 Å². The number of hydrogen-bond acceptors (Lipinski definition) is 4. The van der Waals surface area contributed by atoms with E-state index in [0.29, 0.717) is 0 Å². The first-order chi connectivity index (χ1) is 6.24. The third kappa shape index (κ3) is 2.91. The highest BCUT2D eigenvalue weighted by Gasteiger charge is 2.09. The molecule has 1 aromatic rings. The van der Waals surface area contributed by atoms with E-state index in [9.17, 15) is 4.79 Å². The highest BCUT2D eigenvalue weighted by Crippen LogP contribution is 2.11. The van der Waals surface area contributed by atoms with Crippen molar-refractivity contribution in [1.82, 2.24) is 5.32 Å². The minimum absolute atomic E-state index is 0.0223. The van der Waals surface area contributed by atoms with Gasteiger partial charge in [0.25, 0.3) is 0 Å². The van der Waals surface area contributed by atoms with Crippen LogP contribution in [0.4, 0.5) is 0 Å².